The van der Waals surface area contributed by atoms with Crippen LogP contribution >= 0.6 is 0 Å². The first-order chi connectivity index (χ1) is 15.5. The molecule has 3 N–H and O–H groups in total. The number of amides is 3. The van der Waals surface area contributed by atoms with Crippen molar-refractivity contribution < 1.29 is 24.2 Å². The van der Waals surface area contributed by atoms with Crippen molar-refractivity contribution >= 4 is 17.9 Å². The Bertz CT molecular complexity index is 832. The highest BCUT2D eigenvalue weighted by molar-refractivity contribution is 5.92. The van der Waals surface area contributed by atoms with Crippen molar-refractivity contribution in [3.63, 3.8) is 0 Å². The van der Waals surface area contributed by atoms with Gasteiger partial charge in [0.15, 0.2) is 0 Å². The molecule has 1 aromatic rings. The van der Waals surface area contributed by atoms with Gasteiger partial charge < -0.3 is 25.4 Å². The predicted octanol–water partition coefficient (Wildman–Crippen LogP) is 3.16. The summed E-state index contributed by atoms with van der Waals surface area (Å²) in [7, 11) is 0. The molecule has 0 fully saturated rings. The van der Waals surface area contributed by atoms with Gasteiger partial charge in [-0.25, -0.2) is 4.79 Å². The Balaban J connectivity index is 3.37. The number of carbonyl (C=O) groups excluding carboxylic acids is 3. The van der Waals surface area contributed by atoms with Gasteiger partial charge in [0.05, 0.1) is 6.61 Å². The van der Waals surface area contributed by atoms with Crippen molar-refractivity contribution in [1.82, 2.24) is 15.5 Å². The number of rotatable bonds is 11. The number of ether oxygens (including phenoxy) is 1. The number of benzene rings is 1. The number of aliphatic hydroxyl groups excluding tert-OH is 1. The summed E-state index contributed by atoms with van der Waals surface area (Å²) < 4.78 is 5.22. The summed E-state index contributed by atoms with van der Waals surface area (Å²) >= 11 is 0. The van der Waals surface area contributed by atoms with E-state index in [1.807, 2.05) is 39.0 Å². The van der Waals surface area contributed by atoms with Gasteiger partial charge in [-0.15, -0.1) is 6.58 Å². The van der Waals surface area contributed by atoms with E-state index in [9.17, 15) is 19.5 Å². The third kappa shape index (κ3) is 8.53. The fourth-order valence-electron chi connectivity index (χ4n) is 3.30. The van der Waals surface area contributed by atoms with E-state index >= 15 is 0 Å². The number of unbranched alkanes of at least 4 members (excludes halogenated alkanes) is 1. The predicted molar refractivity (Wildman–Crippen MR) is 129 cm³/mol. The van der Waals surface area contributed by atoms with Crippen LogP contribution in [-0.2, 0) is 14.3 Å². The quantitative estimate of drug-likeness (QED) is 0.347. The normalized spacial score (nSPS) is 12.9. The van der Waals surface area contributed by atoms with Gasteiger partial charge in [-0.2, -0.15) is 0 Å². The van der Waals surface area contributed by atoms with Crippen molar-refractivity contribution in [2.75, 3.05) is 19.7 Å². The molecule has 2 atom stereocenters. The third-order valence-electron chi connectivity index (χ3n) is 5.11. The van der Waals surface area contributed by atoms with Crippen molar-refractivity contribution in [3.05, 3.63) is 47.5 Å². The molecule has 0 aliphatic heterocycles. The molecular weight excluding hydrogens is 422 g/mol. The largest absolute Gasteiger partial charge is 0.444 e. The SMILES string of the molecule is C=CCN(C(=O)C(CO)NC(=O)OC(C)(C)C)C(C(=O)NCCCC)c1cccc(C)c1C. The third-order valence-corrected chi connectivity index (χ3v) is 5.11. The first-order valence-electron chi connectivity index (χ1n) is 11.3. The minimum absolute atomic E-state index is 0.0462. The molecule has 0 spiro atoms. The highest BCUT2D eigenvalue weighted by Gasteiger charge is 2.36. The van der Waals surface area contributed by atoms with E-state index in [4.69, 9.17) is 4.74 Å². The van der Waals surface area contributed by atoms with Crippen LogP contribution in [0.4, 0.5) is 4.79 Å². The average Bonchev–Trinajstić information content (AvgIpc) is 2.73. The maximum Gasteiger partial charge on any atom is 0.408 e. The van der Waals surface area contributed by atoms with Gasteiger partial charge in [0, 0.05) is 13.1 Å². The number of aliphatic hydroxyl groups is 1. The lowest BCUT2D eigenvalue weighted by Gasteiger charge is -2.34. The van der Waals surface area contributed by atoms with Gasteiger partial charge in [0.1, 0.15) is 17.7 Å². The lowest BCUT2D eigenvalue weighted by molar-refractivity contribution is -0.142. The molecule has 0 aliphatic carbocycles. The highest BCUT2D eigenvalue weighted by atomic mass is 16.6. The number of aryl methyl sites for hydroxylation is 1. The molecule has 33 heavy (non-hydrogen) atoms. The number of hydrogen-bond donors (Lipinski definition) is 3. The molecule has 0 aromatic heterocycles. The van der Waals surface area contributed by atoms with Crippen LogP contribution in [0.2, 0.25) is 0 Å². The zero-order valence-corrected chi connectivity index (χ0v) is 20.7. The lowest BCUT2D eigenvalue weighted by Crippen LogP contribution is -2.54. The van der Waals surface area contributed by atoms with Crippen LogP contribution in [0.1, 0.15) is 63.3 Å². The summed E-state index contributed by atoms with van der Waals surface area (Å²) in [6.07, 6.45) is 2.40. The van der Waals surface area contributed by atoms with Crippen LogP contribution in [0, 0.1) is 13.8 Å². The Morgan fingerprint density at radius 1 is 1.24 bits per heavy atom. The number of carbonyl (C=O) groups is 3. The molecule has 184 valence electrons. The van der Waals surface area contributed by atoms with Crippen LogP contribution in [0.15, 0.2) is 30.9 Å². The van der Waals surface area contributed by atoms with Crippen molar-refractivity contribution in [1.29, 1.82) is 0 Å². The molecule has 2 unspecified atom stereocenters. The maximum absolute atomic E-state index is 13.5. The molecule has 8 heteroatoms. The fourth-order valence-corrected chi connectivity index (χ4v) is 3.30. The average molecular weight is 462 g/mol. The summed E-state index contributed by atoms with van der Waals surface area (Å²) in [6.45, 7) is 14.6. The maximum atomic E-state index is 13.5. The summed E-state index contributed by atoms with van der Waals surface area (Å²) in [5, 5.41) is 15.2. The smallest absolute Gasteiger partial charge is 0.408 e. The highest BCUT2D eigenvalue weighted by Crippen LogP contribution is 2.27. The molecule has 0 aliphatic rings. The van der Waals surface area contributed by atoms with Gasteiger partial charge in [-0.1, -0.05) is 37.6 Å². The van der Waals surface area contributed by atoms with E-state index in [1.165, 1.54) is 11.0 Å². The minimum Gasteiger partial charge on any atom is -0.444 e. The lowest BCUT2D eigenvalue weighted by atomic mass is 9.95. The second-order valence-electron chi connectivity index (χ2n) is 9.00. The molecular formula is C25H39N3O5. The topological polar surface area (TPSA) is 108 Å². The van der Waals surface area contributed by atoms with E-state index in [2.05, 4.69) is 17.2 Å². The molecule has 0 saturated carbocycles. The zero-order chi connectivity index (χ0) is 25.2. The first kappa shape index (κ1) is 28.2. The summed E-state index contributed by atoms with van der Waals surface area (Å²) in [5.41, 5.74) is 1.77. The zero-order valence-electron chi connectivity index (χ0n) is 20.7. The molecule has 0 bridgehead atoms. The Kier molecular flexibility index (Phi) is 11.1. The second kappa shape index (κ2) is 13.0. The van der Waals surface area contributed by atoms with Crippen molar-refractivity contribution in [3.8, 4) is 0 Å². The Hall–Kier alpha value is -2.87. The van der Waals surface area contributed by atoms with E-state index in [1.54, 1.807) is 20.8 Å². The second-order valence-corrected chi connectivity index (χ2v) is 9.00. The Morgan fingerprint density at radius 3 is 2.45 bits per heavy atom. The molecule has 0 saturated heterocycles. The standard InChI is InChI=1S/C25H39N3O5/c1-8-10-14-26-22(30)21(19-13-11-12-17(3)18(19)4)28(15-9-2)23(31)20(16-29)27-24(32)33-25(5,6)7/h9,11-13,20-21,29H,2,8,10,14-16H2,1,3-7H3,(H,26,30)(H,27,32). The number of nitrogens with one attached hydrogen (secondary N) is 2. The number of nitrogens with zero attached hydrogens (tertiary/aromatic N) is 1. The summed E-state index contributed by atoms with van der Waals surface area (Å²) in [5.74, 6) is -0.943. The number of alkyl carbamates (subject to hydrolysis) is 1. The van der Waals surface area contributed by atoms with Gasteiger partial charge in [-0.3, -0.25) is 9.59 Å². The molecule has 1 aromatic carbocycles. The van der Waals surface area contributed by atoms with Crippen LogP contribution in [0.5, 0.6) is 0 Å². The number of hydrogen-bond acceptors (Lipinski definition) is 5. The van der Waals surface area contributed by atoms with Crippen LogP contribution in [-0.4, -0.2) is 59.3 Å². The Morgan fingerprint density at radius 2 is 1.91 bits per heavy atom. The van der Waals surface area contributed by atoms with Gasteiger partial charge >= 0.3 is 6.09 Å². The molecule has 1 rings (SSSR count). The summed E-state index contributed by atoms with van der Waals surface area (Å²) in [6, 6.07) is 3.34. The fraction of sp³-hybridized carbons (Fsp3) is 0.560. The van der Waals surface area contributed by atoms with Crippen LogP contribution in [0.25, 0.3) is 0 Å². The van der Waals surface area contributed by atoms with E-state index in [0.717, 1.165) is 24.0 Å². The van der Waals surface area contributed by atoms with E-state index in [-0.39, 0.29) is 12.5 Å². The van der Waals surface area contributed by atoms with Gasteiger partial charge in [-0.05, 0) is 57.7 Å². The van der Waals surface area contributed by atoms with Crippen molar-refractivity contribution in [2.24, 2.45) is 0 Å². The molecule has 0 heterocycles. The van der Waals surface area contributed by atoms with E-state index < -0.39 is 36.3 Å². The van der Waals surface area contributed by atoms with Gasteiger partial charge in [0.2, 0.25) is 11.8 Å². The molecule has 3 amide bonds. The van der Waals surface area contributed by atoms with Crippen LogP contribution < -0.4 is 10.6 Å². The minimum atomic E-state index is -1.28. The summed E-state index contributed by atoms with van der Waals surface area (Å²) in [4.78, 5) is 40.4. The van der Waals surface area contributed by atoms with Crippen molar-refractivity contribution in [2.45, 2.75) is 72.1 Å². The van der Waals surface area contributed by atoms with E-state index in [0.29, 0.717) is 12.1 Å². The Labute approximate surface area is 197 Å². The first-order valence-corrected chi connectivity index (χ1v) is 11.3. The molecule has 0 radical (unpaired) electrons. The molecule has 8 nitrogen and oxygen atoms in total. The van der Waals surface area contributed by atoms with Gasteiger partial charge in [0.25, 0.3) is 0 Å². The van der Waals surface area contributed by atoms with Crippen LogP contribution in [0.3, 0.4) is 0 Å². The monoisotopic (exact) mass is 461 g/mol.